The molecule has 0 unspecified atom stereocenters. The lowest BCUT2D eigenvalue weighted by atomic mass is 10.1. The number of hydrogen-bond acceptors (Lipinski definition) is 6. The molecule has 1 aromatic carbocycles. The van der Waals surface area contributed by atoms with Gasteiger partial charge in [0.2, 0.25) is 0 Å². The summed E-state index contributed by atoms with van der Waals surface area (Å²) >= 11 is 0. The first-order chi connectivity index (χ1) is 12.0. The molecule has 7 nitrogen and oxygen atoms in total. The first-order valence-corrected chi connectivity index (χ1v) is 10.1. The van der Waals surface area contributed by atoms with Crippen molar-refractivity contribution >= 4 is 9.84 Å². The van der Waals surface area contributed by atoms with E-state index in [9.17, 15) is 8.42 Å². The number of sulfone groups is 1. The molecule has 0 spiro atoms. The Balaban J connectivity index is 1.87. The predicted octanol–water partition coefficient (Wildman–Crippen LogP) is 1.44. The maximum atomic E-state index is 11.7. The lowest BCUT2D eigenvalue weighted by Gasteiger charge is -2.09. The van der Waals surface area contributed by atoms with E-state index in [0.717, 1.165) is 17.3 Å². The monoisotopic (exact) mass is 365 g/mol. The van der Waals surface area contributed by atoms with Crippen LogP contribution in [0.5, 0.6) is 5.75 Å². The van der Waals surface area contributed by atoms with Crippen molar-refractivity contribution in [2.45, 2.75) is 19.3 Å². The van der Waals surface area contributed by atoms with Crippen LogP contribution in [0, 0.1) is 5.92 Å². The van der Waals surface area contributed by atoms with E-state index in [2.05, 4.69) is 10.1 Å². The van der Waals surface area contributed by atoms with Crippen LogP contribution in [0.25, 0.3) is 5.69 Å². The van der Waals surface area contributed by atoms with Gasteiger partial charge < -0.3 is 9.47 Å². The number of hydrogen-bond donors (Lipinski definition) is 0. The molecule has 0 bridgehead atoms. The second-order valence-electron chi connectivity index (χ2n) is 6.27. The van der Waals surface area contributed by atoms with E-state index in [0.29, 0.717) is 31.7 Å². The number of benzene rings is 1. The van der Waals surface area contributed by atoms with Crippen LogP contribution < -0.4 is 4.74 Å². The van der Waals surface area contributed by atoms with Gasteiger partial charge in [-0.05, 0) is 36.6 Å². The van der Waals surface area contributed by atoms with Crippen molar-refractivity contribution in [3.8, 4) is 11.4 Å². The zero-order valence-electron chi connectivity index (χ0n) is 14.5. The zero-order valence-corrected chi connectivity index (χ0v) is 15.3. The van der Waals surface area contributed by atoms with Crippen molar-refractivity contribution < 1.29 is 17.9 Å². The highest BCUT2D eigenvalue weighted by molar-refractivity contribution is 7.91. The number of methoxy groups -OCH3 is 2. The molecule has 2 aromatic rings. The maximum absolute atomic E-state index is 11.7. The van der Waals surface area contributed by atoms with Gasteiger partial charge in [0.05, 0.1) is 30.9 Å². The van der Waals surface area contributed by atoms with Gasteiger partial charge in [-0.3, -0.25) is 0 Å². The predicted molar refractivity (Wildman–Crippen MR) is 94.0 cm³/mol. The Labute approximate surface area is 147 Å². The van der Waals surface area contributed by atoms with E-state index in [4.69, 9.17) is 9.47 Å². The van der Waals surface area contributed by atoms with Gasteiger partial charge in [-0.15, -0.1) is 0 Å². The molecule has 2 heterocycles. The van der Waals surface area contributed by atoms with Crippen molar-refractivity contribution in [1.29, 1.82) is 0 Å². The Bertz CT molecular complexity index is 815. The molecule has 1 saturated heterocycles. The minimum Gasteiger partial charge on any atom is -0.497 e. The summed E-state index contributed by atoms with van der Waals surface area (Å²) in [5.41, 5.74) is 0.882. The third kappa shape index (κ3) is 4.38. The van der Waals surface area contributed by atoms with E-state index in [1.54, 1.807) is 18.9 Å². The standard InChI is InChI=1S/C17H23N3O4S/c1-23-9-7-16-18-17(11-13-8-10-25(21,22)12-13)20(19-16)14-3-5-15(24-2)6-4-14/h3-6,13H,7-12H2,1-2H3/t13-/m0/s1. The highest BCUT2D eigenvalue weighted by Crippen LogP contribution is 2.24. The van der Waals surface area contributed by atoms with Crippen LogP contribution in [-0.4, -0.2) is 55.5 Å². The van der Waals surface area contributed by atoms with Gasteiger partial charge >= 0.3 is 0 Å². The summed E-state index contributed by atoms with van der Waals surface area (Å²) in [6.07, 6.45) is 1.91. The van der Waals surface area contributed by atoms with Crippen LogP contribution in [0.4, 0.5) is 0 Å². The topological polar surface area (TPSA) is 83.3 Å². The highest BCUT2D eigenvalue weighted by atomic mass is 32.2. The minimum atomic E-state index is -2.90. The average Bonchev–Trinajstić information content (AvgIpc) is 3.16. The summed E-state index contributed by atoms with van der Waals surface area (Å²) in [5, 5.41) is 4.59. The molecule has 8 heteroatoms. The van der Waals surface area contributed by atoms with Crippen LogP contribution in [0.1, 0.15) is 18.1 Å². The molecule has 0 amide bonds. The van der Waals surface area contributed by atoms with Crippen molar-refractivity contribution in [2.24, 2.45) is 5.92 Å². The van der Waals surface area contributed by atoms with E-state index in [1.807, 2.05) is 24.3 Å². The number of ether oxygens (including phenoxy) is 2. The molecule has 1 aliphatic heterocycles. The van der Waals surface area contributed by atoms with Crippen LogP contribution >= 0.6 is 0 Å². The van der Waals surface area contributed by atoms with Gasteiger partial charge in [-0.2, -0.15) is 5.10 Å². The second kappa shape index (κ2) is 7.53. The van der Waals surface area contributed by atoms with Crippen molar-refractivity contribution in [3.63, 3.8) is 0 Å². The molecule has 1 aromatic heterocycles. The molecule has 0 aliphatic carbocycles. The SMILES string of the molecule is COCCc1nc(C[C@@H]2CCS(=O)(=O)C2)n(-c2ccc(OC)cc2)n1. The average molecular weight is 365 g/mol. The molecule has 1 atom stereocenters. The summed E-state index contributed by atoms with van der Waals surface area (Å²) in [6, 6.07) is 7.58. The van der Waals surface area contributed by atoms with Crippen LogP contribution in [-0.2, 0) is 27.4 Å². The summed E-state index contributed by atoms with van der Waals surface area (Å²) in [7, 11) is 0.365. The van der Waals surface area contributed by atoms with Gasteiger partial charge in [-0.1, -0.05) is 0 Å². The Hall–Kier alpha value is -1.93. The van der Waals surface area contributed by atoms with Gasteiger partial charge in [0.15, 0.2) is 15.7 Å². The van der Waals surface area contributed by atoms with E-state index < -0.39 is 9.84 Å². The zero-order chi connectivity index (χ0) is 17.9. The highest BCUT2D eigenvalue weighted by Gasteiger charge is 2.29. The van der Waals surface area contributed by atoms with Crippen LogP contribution in [0.2, 0.25) is 0 Å². The van der Waals surface area contributed by atoms with E-state index in [-0.39, 0.29) is 17.4 Å². The quantitative estimate of drug-likeness (QED) is 0.738. The molecule has 3 rings (SSSR count). The number of aromatic nitrogens is 3. The summed E-state index contributed by atoms with van der Waals surface area (Å²) in [5.74, 6) is 2.86. The molecule has 25 heavy (non-hydrogen) atoms. The smallest absolute Gasteiger partial charge is 0.153 e. The molecular formula is C17H23N3O4S. The third-order valence-electron chi connectivity index (χ3n) is 4.36. The van der Waals surface area contributed by atoms with E-state index >= 15 is 0 Å². The molecular weight excluding hydrogens is 342 g/mol. The molecule has 1 fully saturated rings. The molecule has 0 radical (unpaired) electrons. The fraction of sp³-hybridized carbons (Fsp3) is 0.529. The summed E-state index contributed by atoms with van der Waals surface area (Å²) in [6.45, 7) is 0.546. The fourth-order valence-corrected chi connectivity index (χ4v) is 4.91. The molecule has 136 valence electrons. The van der Waals surface area contributed by atoms with Crippen LogP contribution in [0.15, 0.2) is 24.3 Å². The van der Waals surface area contributed by atoms with Crippen molar-refractivity contribution in [1.82, 2.24) is 14.8 Å². The molecule has 0 saturated carbocycles. The first-order valence-electron chi connectivity index (χ1n) is 8.29. The first kappa shape index (κ1) is 17.9. The van der Waals surface area contributed by atoms with Crippen LogP contribution in [0.3, 0.4) is 0 Å². The Morgan fingerprint density at radius 1 is 1.24 bits per heavy atom. The van der Waals surface area contributed by atoms with Gasteiger partial charge in [0, 0.05) is 20.0 Å². The Morgan fingerprint density at radius 2 is 2.00 bits per heavy atom. The minimum absolute atomic E-state index is 0.0986. The number of nitrogens with zero attached hydrogens (tertiary/aromatic N) is 3. The van der Waals surface area contributed by atoms with E-state index in [1.165, 1.54) is 0 Å². The number of rotatable bonds is 7. The Kier molecular flexibility index (Phi) is 5.39. The van der Waals surface area contributed by atoms with Crippen molar-refractivity contribution in [3.05, 3.63) is 35.9 Å². The molecule has 1 aliphatic rings. The third-order valence-corrected chi connectivity index (χ3v) is 6.20. The Morgan fingerprint density at radius 3 is 2.60 bits per heavy atom. The fourth-order valence-electron chi connectivity index (χ4n) is 3.04. The van der Waals surface area contributed by atoms with Gasteiger partial charge in [-0.25, -0.2) is 18.1 Å². The summed E-state index contributed by atoms with van der Waals surface area (Å²) in [4.78, 5) is 4.62. The molecule has 0 N–H and O–H groups in total. The maximum Gasteiger partial charge on any atom is 0.153 e. The lowest BCUT2D eigenvalue weighted by Crippen LogP contribution is -2.12. The summed E-state index contributed by atoms with van der Waals surface area (Å²) < 4.78 is 35.6. The van der Waals surface area contributed by atoms with Crippen molar-refractivity contribution in [2.75, 3.05) is 32.3 Å². The lowest BCUT2D eigenvalue weighted by molar-refractivity contribution is 0.200. The second-order valence-corrected chi connectivity index (χ2v) is 8.50. The largest absolute Gasteiger partial charge is 0.497 e. The van der Waals surface area contributed by atoms with Gasteiger partial charge in [0.25, 0.3) is 0 Å². The van der Waals surface area contributed by atoms with Gasteiger partial charge in [0.1, 0.15) is 11.6 Å². The normalized spacial score (nSPS) is 19.2.